The summed E-state index contributed by atoms with van der Waals surface area (Å²) in [5.41, 5.74) is 1.38. The highest BCUT2D eigenvalue weighted by Crippen LogP contribution is 2.31. The molecule has 1 aromatic carbocycles. The zero-order valence-electron chi connectivity index (χ0n) is 17.2. The zero-order valence-corrected chi connectivity index (χ0v) is 18.8. The van der Waals surface area contributed by atoms with E-state index in [1.165, 1.54) is 41.2 Å². The van der Waals surface area contributed by atoms with E-state index in [-0.39, 0.29) is 17.8 Å². The van der Waals surface area contributed by atoms with Crippen LogP contribution in [0.2, 0.25) is 0 Å². The average Bonchev–Trinajstić information content (AvgIpc) is 3.17. The predicted octanol–water partition coefficient (Wildman–Crippen LogP) is 3.25. The molecule has 0 radical (unpaired) electrons. The molecule has 0 bridgehead atoms. The Kier molecular flexibility index (Phi) is 5.05. The summed E-state index contributed by atoms with van der Waals surface area (Å²) in [6.07, 6.45) is 7.14. The second-order valence-electron chi connectivity index (χ2n) is 8.43. The molecule has 3 aromatic rings. The van der Waals surface area contributed by atoms with Crippen LogP contribution in [0.1, 0.15) is 44.1 Å². The van der Waals surface area contributed by atoms with Crippen molar-refractivity contribution in [3.05, 3.63) is 55.1 Å². The van der Waals surface area contributed by atoms with Gasteiger partial charge in [0.25, 0.3) is 5.56 Å². The molecule has 30 heavy (non-hydrogen) atoms. The van der Waals surface area contributed by atoms with Gasteiger partial charge < -0.3 is 9.47 Å². The van der Waals surface area contributed by atoms with Gasteiger partial charge in [-0.15, -0.1) is 0 Å². The monoisotopic (exact) mass is 471 g/mol. The molecule has 1 saturated carbocycles. The van der Waals surface area contributed by atoms with Crippen molar-refractivity contribution in [3.63, 3.8) is 0 Å². The fourth-order valence-electron chi connectivity index (χ4n) is 4.94. The zero-order chi connectivity index (χ0) is 20.8. The molecule has 0 amide bonds. The minimum Gasteiger partial charge on any atom is -0.339 e. The third-order valence-corrected chi connectivity index (χ3v) is 7.05. The number of halogens is 1. The minimum absolute atomic E-state index is 0.250. The molecule has 0 spiro atoms. The summed E-state index contributed by atoms with van der Waals surface area (Å²) in [4.78, 5) is 33.7. The van der Waals surface area contributed by atoms with Crippen LogP contribution >= 0.6 is 15.9 Å². The average molecular weight is 472 g/mol. The van der Waals surface area contributed by atoms with Crippen LogP contribution in [-0.2, 0) is 20.1 Å². The van der Waals surface area contributed by atoms with Crippen molar-refractivity contribution in [1.82, 2.24) is 18.7 Å². The second-order valence-corrected chi connectivity index (χ2v) is 9.35. The normalized spacial score (nSPS) is 17.5. The molecule has 0 saturated heterocycles. The van der Waals surface area contributed by atoms with E-state index in [4.69, 9.17) is 4.98 Å². The SMILES string of the molecule is Cn1c(=O)n(Cc2ccc(Br)cc2)c(=O)c2c1nc1n2CCCN1C1CCCCC1. The molecule has 3 heterocycles. The lowest BCUT2D eigenvalue weighted by atomic mass is 9.94. The number of rotatable bonds is 3. The Morgan fingerprint density at radius 3 is 2.50 bits per heavy atom. The number of nitrogens with zero attached hydrogens (tertiary/aromatic N) is 5. The van der Waals surface area contributed by atoms with E-state index in [0.717, 1.165) is 35.5 Å². The number of benzene rings is 1. The highest BCUT2D eigenvalue weighted by Gasteiger charge is 2.30. The van der Waals surface area contributed by atoms with Crippen molar-refractivity contribution in [1.29, 1.82) is 0 Å². The molecule has 1 aliphatic carbocycles. The Balaban J connectivity index is 1.64. The smallest absolute Gasteiger partial charge is 0.332 e. The Morgan fingerprint density at radius 2 is 1.77 bits per heavy atom. The molecule has 7 nitrogen and oxygen atoms in total. The van der Waals surface area contributed by atoms with Crippen LogP contribution in [-0.4, -0.2) is 31.3 Å². The van der Waals surface area contributed by atoms with Gasteiger partial charge in [-0.2, -0.15) is 4.98 Å². The van der Waals surface area contributed by atoms with Gasteiger partial charge in [-0.3, -0.25) is 13.9 Å². The van der Waals surface area contributed by atoms with Gasteiger partial charge in [0.15, 0.2) is 11.2 Å². The van der Waals surface area contributed by atoms with E-state index in [0.29, 0.717) is 17.2 Å². The minimum atomic E-state index is -0.324. The first-order valence-electron chi connectivity index (χ1n) is 10.8. The highest BCUT2D eigenvalue weighted by molar-refractivity contribution is 9.10. The molecule has 8 heteroatoms. The fraction of sp³-hybridized carbons (Fsp3) is 0.500. The standard InChI is InChI=1S/C22H26BrN5O2/c1-25-19-18(20(29)28(22(25)30)14-15-8-10-16(23)11-9-15)27-13-5-12-26(21(27)24-19)17-6-3-2-4-7-17/h8-11,17H,2-7,12-14H2,1H3. The van der Waals surface area contributed by atoms with Crippen LogP contribution in [0.4, 0.5) is 5.95 Å². The highest BCUT2D eigenvalue weighted by atomic mass is 79.9. The summed E-state index contributed by atoms with van der Waals surface area (Å²) >= 11 is 3.43. The maximum Gasteiger partial charge on any atom is 0.332 e. The van der Waals surface area contributed by atoms with Crippen LogP contribution in [0.3, 0.4) is 0 Å². The second kappa shape index (κ2) is 7.72. The van der Waals surface area contributed by atoms with Gasteiger partial charge in [0.1, 0.15) is 0 Å². The van der Waals surface area contributed by atoms with Gasteiger partial charge in [0, 0.05) is 30.7 Å². The molecule has 5 rings (SSSR count). The van der Waals surface area contributed by atoms with E-state index in [1.54, 1.807) is 7.05 Å². The third-order valence-electron chi connectivity index (χ3n) is 6.52. The first-order chi connectivity index (χ1) is 14.5. The lowest BCUT2D eigenvalue weighted by Crippen LogP contribution is -2.42. The largest absolute Gasteiger partial charge is 0.339 e. The van der Waals surface area contributed by atoms with Crippen molar-refractivity contribution in [2.24, 2.45) is 7.05 Å². The van der Waals surface area contributed by atoms with Gasteiger partial charge in [-0.05, 0) is 37.0 Å². The van der Waals surface area contributed by atoms with Crippen molar-refractivity contribution >= 4 is 33.0 Å². The predicted molar refractivity (Wildman–Crippen MR) is 121 cm³/mol. The number of imidazole rings is 1. The number of hydrogen-bond acceptors (Lipinski definition) is 4. The number of anilines is 1. The molecule has 0 N–H and O–H groups in total. The maximum absolute atomic E-state index is 13.4. The lowest BCUT2D eigenvalue weighted by molar-refractivity contribution is 0.391. The van der Waals surface area contributed by atoms with E-state index in [1.807, 2.05) is 28.8 Å². The van der Waals surface area contributed by atoms with E-state index in [9.17, 15) is 9.59 Å². The molecule has 0 unspecified atom stereocenters. The number of fused-ring (bicyclic) bond motifs is 3. The van der Waals surface area contributed by atoms with Gasteiger partial charge in [-0.25, -0.2) is 4.79 Å². The van der Waals surface area contributed by atoms with Crippen molar-refractivity contribution < 1.29 is 0 Å². The van der Waals surface area contributed by atoms with Crippen LogP contribution < -0.4 is 16.1 Å². The van der Waals surface area contributed by atoms with Gasteiger partial charge >= 0.3 is 5.69 Å². The van der Waals surface area contributed by atoms with Crippen LogP contribution in [0.15, 0.2) is 38.3 Å². The first kappa shape index (κ1) is 19.6. The van der Waals surface area contributed by atoms with E-state index < -0.39 is 0 Å². The number of aromatic nitrogens is 4. The van der Waals surface area contributed by atoms with Crippen LogP contribution in [0.5, 0.6) is 0 Å². The Morgan fingerprint density at radius 1 is 1.03 bits per heavy atom. The van der Waals surface area contributed by atoms with E-state index in [2.05, 4.69) is 20.8 Å². The van der Waals surface area contributed by atoms with Crippen LogP contribution in [0.25, 0.3) is 11.2 Å². The summed E-state index contributed by atoms with van der Waals surface area (Å²) in [5, 5.41) is 0. The first-order valence-corrected chi connectivity index (χ1v) is 11.5. The fourth-order valence-corrected chi connectivity index (χ4v) is 5.21. The molecule has 2 aliphatic rings. The topological polar surface area (TPSA) is 65.1 Å². The van der Waals surface area contributed by atoms with Crippen molar-refractivity contribution in [2.45, 2.75) is 57.7 Å². The van der Waals surface area contributed by atoms with Crippen molar-refractivity contribution in [3.8, 4) is 0 Å². The lowest BCUT2D eigenvalue weighted by Gasteiger charge is -2.37. The summed E-state index contributed by atoms with van der Waals surface area (Å²) in [7, 11) is 1.71. The molecular weight excluding hydrogens is 446 g/mol. The Labute approximate surface area is 183 Å². The quantitative estimate of drug-likeness (QED) is 0.587. The van der Waals surface area contributed by atoms with Gasteiger partial charge in [0.05, 0.1) is 6.54 Å². The van der Waals surface area contributed by atoms with Crippen molar-refractivity contribution in [2.75, 3.05) is 11.4 Å². The molecule has 2 aromatic heterocycles. The summed E-state index contributed by atoms with van der Waals surface area (Å²) in [6, 6.07) is 8.18. The summed E-state index contributed by atoms with van der Waals surface area (Å²) in [5.74, 6) is 0.858. The van der Waals surface area contributed by atoms with Crippen LogP contribution in [0, 0.1) is 0 Å². The van der Waals surface area contributed by atoms with Gasteiger partial charge in [-0.1, -0.05) is 47.3 Å². The molecule has 0 atom stereocenters. The third kappa shape index (κ3) is 3.21. The Bertz CT molecular complexity index is 1200. The molecule has 1 aliphatic heterocycles. The number of hydrogen-bond donors (Lipinski definition) is 0. The summed E-state index contributed by atoms with van der Waals surface area (Å²) < 4.78 is 5.88. The Hall–Kier alpha value is -2.35. The van der Waals surface area contributed by atoms with E-state index >= 15 is 0 Å². The van der Waals surface area contributed by atoms with Gasteiger partial charge in [0.2, 0.25) is 5.95 Å². The molecule has 1 fully saturated rings. The summed E-state index contributed by atoms with van der Waals surface area (Å²) in [6.45, 7) is 1.98. The maximum atomic E-state index is 13.4. The molecular formula is C22H26BrN5O2. The molecule has 158 valence electrons. The number of aryl methyl sites for hydroxylation is 2.